The number of aryl methyl sites for hydroxylation is 2. The molecule has 2 aromatic carbocycles. The van der Waals surface area contributed by atoms with Crippen molar-refractivity contribution < 1.29 is 27.5 Å². The summed E-state index contributed by atoms with van der Waals surface area (Å²) in [6.45, 7) is 5.79. The Hall–Kier alpha value is -4.26. The van der Waals surface area contributed by atoms with Gasteiger partial charge < -0.3 is 15.9 Å². The molecule has 3 N–H and O–H groups in total. The second-order valence-electron chi connectivity index (χ2n) is 10.5. The summed E-state index contributed by atoms with van der Waals surface area (Å²) in [5.74, 6) is 12.1. The molecule has 0 bridgehead atoms. The number of alkyl halides is 3. The summed E-state index contributed by atoms with van der Waals surface area (Å²) in [6, 6.07) is 8.82. The highest BCUT2D eigenvalue weighted by Crippen LogP contribution is 2.35. The molecule has 0 saturated carbocycles. The summed E-state index contributed by atoms with van der Waals surface area (Å²) in [5, 5.41) is 2.59. The molecule has 0 fully saturated rings. The molecule has 0 radical (unpaired) electrons. The first-order valence-corrected chi connectivity index (χ1v) is 13.9. The van der Waals surface area contributed by atoms with Crippen LogP contribution in [-0.4, -0.2) is 28.6 Å². The molecular weight excluding hydrogens is 545 g/mol. The summed E-state index contributed by atoms with van der Waals surface area (Å²) < 4.78 is 47.7. The summed E-state index contributed by atoms with van der Waals surface area (Å²) >= 11 is 0. The maximum atomic E-state index is 13.9. The summed E-state index contributed by atoms with van der Waals surface area (Å²) in [4.78, 5) is 28.4. The number of amides is 1. The van der Waals surface area contributed by atoms with E-state index in [2.05, 4.69) is 26.9 Å². The van der Waals surface area contributed by atoms with Gasteiger partial charge in [-0.25, -0.2) is 9.66 Å². The lowest BCUT2D eigenvalue weighted by atomic mass is 9.99. The minimum Gasteiger partial charge on any atom is -0.469 e. The molecule has 0 aliphatic carbocycles. The number of rotatable bonds is 11. The fraction of sp³-hybridized carbons (Fsp3) is 0.406. The number of nitrogens with two attached hydrogens (primary N) is 1. The summed E-state index contributed by atoms with van der Waals surface area (Å²) in [7, 11) is 1.34. The molecule has 0 aliphatic heterocycles. The number of methoxy groups -OCH3 is 1. The number of carbonyl (C=O) groups excluding carboxylic acids is 2. The first-order chi connectivity index (χ1) is 19.9. The number of anilines is 1. The Morgan fingerprint density at radius 3 is 2.43 bits per heavy atom. The van der Waals surface area contributed by atoms with Gasteiger partial charge in [-0.15, -0.1) is 0 Å². The quantitative estimate of drug-likeness (QED) is 0.113. The van der Waals surface area contributed by atoms with E-state index in [9.17, 15) is 22.8 Å². The van der Waals surface area contributed by atoms with Crippen LogP contribution in [0, 0.1) is 18.8 Å². The first-order valence-electron chi connectivity index (χ1n) is 13.9. The van der Waals surface area contributed by atoms with Crippen LogP contribution in [0.1, 0.15) is 102 Å². The number of ether oxygens (including phenoxy) is 1. The van der Waals surface area contributed by atoms with Gasteiger partial charge >= 0.3 is 12.1 Å². The van der Waals surface area contributed by atoms with Crippen molar-refractivity contribution >= 4 is 17.6 Å². The zero-order valence-corrected chi connectivity index (χ0v) is 24.4. The monoisotopic (exact) mass is 582 g/mol. The molecule has 7 nitrogen and oxygen atoms in total. The van der Waals surface area contributed by atoms with Crippen LogP contribution < -0.4 is 11.2 Å². The smallest absolute Gasteiger partial charge is 0.416 e. The van der Waals surface area contributed by atoms with E-state index in [1.807, 2.05) is 20.8 Å². The molecule has 10 heteroatoms. The van der Waals surface area contributed by atoms with E-state index in [1.54, 1.807) is 24.4 Å². The number of esters is 1. The highest BCUT2D eigenvalue weighted by molar-refractivity contribution is 6.04. The molecule has 224 valence electrons. The van der Waals surface area contributed by atoms with Crippen molar-refractivity contribution in [3.8, 4) is 11.8 Å². The maximum absolute atomic E-state index is 13.9. The van der Waals surface area contributed by atoms with Crippen molar-refractivity contribution in [3.05, 3.63) is 81.9 Å². The standard InChI is InChI=1S/C32H37F3N4O3/c1-21(2)30-37-20-27(39(30)36)17-15-24-18-25(13-12-22(24)3)31(41)38-26-16-14-23(28(19-26)32(33,34)35)10-8-6-5-7-9-11-29(40)42-4/h12-14,16,18-21H,5-11,36H2,1-4H3,(H,38,41). The summed E-state index contributed by atoms with van der Waals surface area (Å²) in [5.41, 5.74) is 1.68. The van der Waals surface area contributed by atoms with Crippen LogP contribution >= 0.6 is 0 Å². The number of nitrogen functional groups attached to an aromatic ring is 1. The SMILES string of the molecule is COC(=O)CCCCCCCc1ccc(NC(=O)c2ccc(C)c(C#Cc3cnc(C(C)C)n3N)c2)cc1C(F)(F)F. The Morgan fingerprint density at radius 2 is 1.76 bits per heavy atom. The normalized spacial score (nSPS) is 11.2. The number of imidazole rings is 1. The van der Waals surface area contributed by atoms with Gasteiger partial charge in [-0.1, -0.05) is 51.2 Å². The van der Waals surface area contributed by atoms with E-state index in [0.29, 0.717) is 36.3 Å². The molecule has 0 atom stereocenters. The Balaban J connectivity index is 1.68. The van der Waals surface area contributed by atoms with Crippen LogP contribution in [0.15, 0.2) is 42.6 Å². The van der Waals surface area contributed by atoms with E-state index >= 15 is 0 Å². The second kappa shape index (κ2) is 14.6. The van der Waals surface area contributed by atoms with Gasteiger partial charge in [0.25, 0.3) is 5.91 Å². The van der Waals surface area contributed by atoms with E-state index in [1.165, 1.54) is 23.9 Å². The van der Waals surface area contributed by atoms with E-state index in [4.69, 9.17) is 5.84 Å². The minimum atomic E-state index is -4.56. The van der Waals surface area contributed by atoms with Crippen molar-refractivity contribution in [2.24, 2.45) is 0 Å². The average molecular weight is 583 g/mol. The zero-order valence-electron chi connectivity index (χ0n) is 24.4. The number of hydrogen-bond donors (Lipinski definition) is 2. The van der Waals surface area contributed by atoms with Gasteiger partial charge in [0.1, 0.15) is 11.5 Å². The Morgan fingerprint density at radius 1 is 1.05 bits per heavy atom. The maximum Gasteiger partial charge on any atom is 0.416 e. The molecule has 42 heavy (non-hydrogen) atoms. The van der Waals surface area contributed by atoms with Gasteiger partial charge in [0.15, 0.2) is 0 Å². The van der Waals surface area contributed by atoms with Gasteiger partial charge in [0, 0.05) is 29.2 Å². The van der Waals surface area contributed by atoms with Crippen molar-refractivity contribution in [1.29, 1.82) is 0 Å². The molecule has 1 aromatic heterocycles. The molecule has 0 unspecified atom stereocenters. The third kappa shape index (κ3) is 8.87. The predicted molar refractivity (Wildman–Crippen MR) is 156 cm³/mol. The highest BCUT2D eigenvalue weighted by Gasteiger charge is 2.33. The molecule has 3 aromatic rings. The van der Waals surface area contributed by atoms with Crippen molar-refractivity contribution in [3.63, 3.8) is 0 Å². The molecule has 1 heterocycles. The Labute approximate surface area is 244 Å². The molecule has 0 saturated heterocycles. The van der Waals surface area contributed by atoms with Gasteiger partial charge in [0.05, 0.1) is 18.9 Å². The molecular formula is C32H37F3N4O3. The Kier molecular flexibility index (Phi) is 11.2. The lowest BCUT2D eigenvalue weighted by molar-refractivity contribution is -0.141. The number of nitrogens with zero attached hydrogens (tertiary/aromatic N) is 2. The zero-order chi connectivity index (χ0) is 30.9. The van der Waals surface area contributed by atoms with Crippen molar-refractivity contribution in [2.45, 2.75) is 77.8 Å². The third-order valence-corrected chi connectivity index (χ3v) is 6.89. The van der Waals surface area contributed by atoms with Crippen LogP contribution in [0.25, 0.3) is 0 Å². The topological polar surface area (TPSA) is 99.2 Å². The van der Waals surface area contributed by atoms with Gasteiger partial charge in [-0.2, -0.15) is 13.2 Å². The van der Waals surface area contributed by atoms with Crippen LogP contribution in [0.4, 0.5) is 18.9 Å². The summed E-state index contributed by atoms with van der Waals surface area (Å²) in [6.07, 6.45) is 1.31. The minimum absolute atomic E-state index is 0.0559. The largest absolute Gasteiger partial charge is 0.469 e. The van der Waals surface area contributed by atoms with Crippen LogP contribution in [0.3, 0.4) is 0 Å². The van der Waals surface area contributed by atoms with E-state index in [0.717, 1.165) is 30.9 Å². The van der Waals surface area contributed by atoms with Crippen LogP contribution in [0.2, 0.25) is 0 Å². The van der Waals surface area contributed by atoms with Crippen LogP contribution in [-0.2, 0) is 22.1 Å². The average Bonchev–Trinajstić information content (AvgIpc) is 3.32. The van der Waals surface area contributed by atoms with Crippen molar-refractivity contribution in [2.75, 3.05) is 18.3 Å². The fourth-order valence-electron chi connectivity index (χ4n) is 4.48. The molecule has 0 aliphatic rings. The number of benzene rings is 2. The molecule has 0 spiro atoms. The molecule has 3 rings (SSSR count). The van der Waals surface area contributed by atoms with E-state index in [-0.39, 0.29) is 35.1 Å². The van der Waals surface area contributed by atoms with Gasteiger partial charge in [-0.3, -0.25) is 9.59 Å². The number of aromatic nitrogens is 2. The van der Waals surface area contributed by atoms with Gasteiger partial charge in [0.2, 0.25) is 0 Å². The number of nitrogens with one attached hydrogen (secondary N) is 1. The first kappa shape index (κ1) is 32.3. The number of carbonyl (C=O) groups is 2. The fourth-order valence-corrected chi connectivity index (χ4v) is 4.48. The highest BCUT2D eigenvalue weighted by atomic mass is 19.4. The van der Waals surface area contributed by atoms with E-state index < -0.39 is 17.6 Å². The predicted octanol–water partition coefficient (Wildman–Crippen LogP) is 6.76. The lowest BCUT2D eigenvalue weighted by Gasteiger charge is -2.15. The third-order valence-electron chi connectivity index (χ3n) is 6.89. The number of halogens is 3. The number of hydrogen-bond acceptors (Lipinski definition) is 5. The second-order valence-corrected chi connectivity index (χ2v) is 10.5. The number of unbranched alkanes of at least 4 members (excludes halogenated alkanes) is 4. The Bertz CT molecular complexity index is 1470. The van der Waals surface area contributed by atoms with Crippen LogP contribution in [0.5, 0.6) is 0 Å². The van der Waals surface area contributed by atoms with Crippen molar-refractivity contribution in [1.82, 2.24) is 9.66 Å². The lowest BCUT2D eigenvalue weighted by Crippen LogP contribution is -2.15. The molecule has 1 amide bonds. The van der Waals surface area contributed by atoms with Gasteiger partial charge in [-0.05, 0) is 67.5 Å².